The number of rotatable bonds is 7. The largest absolute Gasteiger partial charge is 0.384 e. The highest BCUT2D eigenvalue weighted by atomic mass is 16.2. The first-order valence-electron chi connectivity index (χ1n) is 6.72. The van der Waals surface area contributed by atoms with E-state index in [-0.39, 0.29) is 5.91 Å². The van der Waals surface area contributed by atoms with Crippen LogP contribution in [0.15, 0.2) is 18.3 Å². The molecule has 106 valence electrons. The van der Waals surface area contributed by atoms with Crippen LogP contribution in [0.25, 0.3) is 0 Å². The summed E-state index contributed by atoms with van der Waals surface area (Å²) < 4.78 is 0. The second-order valence-electron chi connectivity index (χ2n) is 4.64. The van der Waals surface area contributed by atoms with Crippen LogP contribution in [0.2, 0.25) is 0 Å². The van der Waals surface area contributed by atoms with E-state index in [4.69, 9.17) is 0 Å². The zero-order valence-electron chi connectivity index (χ0n) is 12.3. The summed E-state index contributed by atoms with van der Waals surface area (Å²) in [6.45, 7) is 7.14. The Bertz CT molecular complexity index is 402. The monoisotopic (exact) mass is 264 g/mol. The van der Waals surface area contributed by atoms with Gasteiger partial charge in [-0.25, -0.2) is 0 Å². The molecule has 0 unspecified atom stereocenters. The van der Waals surface area contributed by atoms with Crippen LogP contribution in [-0.2, 0) is 0 Å². The maximum Gasteiger partial charge on any atom is 0.272 e. The van der Waals surface area contributed by atoms with Gasteiger partial charge in [-0.3, -0.25) is 9.78 Å². The van der Waals surface area contributed by atoms with E-state index >= 15 is 0 Å². The number of hydrogen-bond acceptors (Lipinski definition) is 4. The molecule has 0 bridgehead atoms. The molecule has 5 heteroatoms. The number of anilines is 1. The Labute approximate surface area is 115 Å². The minimum Gasteiger partial charge on any atom is -0.384 e. The summed E-state index contributed by atoms with van der Waals surface area (Å²) in [5.74, 6) is -0.0127. The van der Waals surface area contributed by atoms with Crippen molar-refractivity contribution in [2.75, 3.05) is 45.6 Å². The lowest BCUT2D eigenvalue weighted by Crippen LogP contribution is -2.31. The zero-order valence-corrected chi connectivity index (χ0v) is 12.3. The van der Waals surface area contributed by atoms with Gasteiger partial charge < -0.3 is 15.1 Å². The number of carbonyl (C=O) groups is 1. The Hall–Kier alpha value is -1.62. The number of hydrogen-bond donors (Lipinski definition) is 1. The van der Waals surface area contributed by atoms with Gasteiger partial charge in [0.05, 0.1) is 0 Å². The normalized spacial score (nSPS) is 10.6. The van der Waals surface area contributed by atoms with Crippen LogP contribution in [0.3, 0.4) is 0 Å². The zero-order chi connectivity index (χ0) is 14.3. The van der Waals surface area contributed by atoms with Crippen molar-refractivity contribution in [3.63, 3.8) is 0 Å². The lowest BCUT2D eigenvalue weighted by molar-refractivity contribution is 0.0767. The molecule has 1 heterocycles. The van der Waals surface area contributed by atoms with E-state index in [1.54, 1.807) is 11.1 Å². The van der Waals surface area contributed by atoms with Crippen molar-refractivity contribution in [2.24, 2.45) is 0 Å². The van der Waals surface area contributed by atoms with Crippen LogP contribution in [0, 0.1) is 0 Å². The lowest BCUT2D eigenvalue weighted by atomic mass is 10.2. The fourth-order valence-corrected chi connectivity index (χ4v) is 1.75. The number of nitrogens with one attached hydrogen (secondary N) is 1. The molecule has 1 rings (SSSR count). The van der Waals surface area contributed by atoms with Gasteiger partial charge >= 0.3 is 0 Å². The number of likely N-dealkylation sites (N-methyl/N-ethyl adjacent to an activating group) is 1. The average molecular weight is 264 g/mol. The Morgan fingerprint density at radius 1 is 1.32 bits per heavy atom. The summed E-state index contributed by atoms with van der Waals surface area (Å²) >= 11 is 0. The minimum atomic E-state index is -0.0127. The highest BCUT2D eigenvalue weighted by Gasteiger charge is 2.13. The van der Waals surface area contributed by atoms with Crippen molar-refractivity contribution in [3.05, 3.63) is 24.0 Å². The molecule has 0 radical (unpaired) electrons. The third-order valence-electron chi connectivity index (χ3n) is 2.92. The molecule has 0 saturated carbocycles. The number of nitrogens with zero attached hydrogens (tertiary/aromatic N) is 3. The van der Waals surface area contributed by atoms with Crippen molar-refractivity contribution in [1.82, 2.24) is 14.8 Å². The van der Waals surface area contributed by atoms with Crippen LogP contribution in [0.1, 0.15) is 24.3 Å². The van der Waals surface area contributed by atoms with Gasteiger partial charge in [0, 0.05) is 38.1 Å². The summed E-state index contributed by atoms with van der Waals surface area (Å²) in [4.78, 5) is 20.2. The molecule has 0 spiro atoms. The van der Waals surface area contributed by atoms with E-state index in [0.29, 0.717) is 18.8 Å². The molecule has 1 N–H and O–H groups in total. The van der Waals surface area contributed by atoms with Gasteiger partial charge in [0.2, 0.25) is 0 Å². The SMILES string of the molecule is CCN(CC)C(=O)c1cc(NCCN(C)C)ccn1. The lowest BCUT2D eigenvalue weighted by Gasteiger charge is -2.18. The first-order chi connectivity index (χ1) is 9.08. The van der Waals surface area contributed by atoms with Crippen molar-refractivity contribution >= 4 is 11.6 Å². The number of pyridine rings is 1. The van der Waals surface area contributed by atoms with Crippen molar-refractivity contribution in [2.45, 2.75) is 13.8 Å². The third kappa shape index (κ3) is 4.87. The smallest absolute Gasteiger partial charge is 0.272 e. The van der Waals surface area contributed by atoms with Crippen LogP contribution < -0.4 is 5.32 Å². The van der Waals surface area contributed by atoms with Crippen LogP contribution in [0.5, 0.6) is 0 Å². The number of carbonyl (C=O) groups excluding carboxylic acids is 1. The molecule has 0 saturated heterocycles. The summed E-state index contributed by atoms with van der Waals surface area (Å²) in [5, 5.41) is 3.29. The molecule has 1 amide bonds. The molecule has 0 aliphatic rings. The topological polar surface area (TPSA) is 48.5 Å². The van der Waals surface area contributed by atoms with Crippen LogP contribution in [0.4, 0.5) is 5.69 Å². The molecule has 5 nitrogen and oxygen atoms in total. The van der Waals surface area contributed by atoms with E-state index in [2.05, 4.69) is 15.2 Å². The second kappa shape index (κ2) is 7.74. The molecule has 1 aromatic rings. The maximum atomic E-state index is 12.2. The molecule has 0 aliphatic heterocycles. The van der Waals surface area contributed by atoms with Gasteiger partial charge in [-0.2, -0.15) is 0 Å². The number of amides is 1. The summed E-state index contributed by atoms with van der Waals surface area (Å²) in [6.07, 6.45) is 1.68. The van der Waals surface area contributed by atoms with Crippen molar-refractivity contribution in [3.8, 4) is 0 Å². The Balaban J connectivity index is 2.68. The molecule has 0 fully saturated rings. The Morgan fingerprint density at radius 3 is 2.58 bits per heavy atom. The molecule has 1 aromatic heterocycles. The first kappa shape index (κ1) is 15.4. The predicted octanol–water partition coefficient (Wildman–Crippen LogP) is 1.54. The average Bonchev–Trinajstić information content (AvgIpc) is 2.40. The summed E-state index contributed by atoms with van der Waals surface area (Å²) in [5.41, 5.74) is 1.44. The molecule has 0 aliphatic carbocycles. The maximum absolute atomic E-state index is 12.2. The standard InChI is InChI=1S/C14H24N4O/c1-5-18(6-2)14(19)13-11-12(7-8-16-13)15-9-10-17(3)4/h7-8,11H,5-6,9-10H2,1-4H3,(H,15,16). The Morgan fingerprint density at radius 2 is 2.00 bits per heavy atom. The van der Waals surface area contributed by atoms with Gasteiger partial charge in [-0.1, -0.05) is 0 Å². The molecule has 0 aromatic carbocycles. The van der Waals surface area contributed by atoms with Crippen molar-refractivity contribution < 1.29 is 4.79 Å². The van der Waals surface area contributed by atoms with Crippen LogP contribution >= 0.6 is 0 Å². The van der Waals surface area contributed by atoms with Gasteiger partial charge in [0.1, 0.15) is 5.69 Å². The summed E-state index contributed by atoms with van der Waals surface area (Å²) in [7, 11) is 4.06. The fourth-order valence-electron chi connectivity index (χ4n) is 1.75. The highest BCUT2D eigenvalue weighted by Crippen LogP contribution is 2.10. The number of aromatic nitrogens is 1. The quantitative estimate of drug-likeness (QED) is 0.811. The Kier molecular flexibility index (Phi) is 6.29. The van der Waals surface area contributed by atoms with E-state index in [1.807, 2.05) is 40.1 Å². The highest BCUT2D eigenvalue weighted by molar-refractivity contribution is 5.93. The minimum absolute atomic E-state index is 0.0127. The van der Waals surface area contributed by atoms with Crippen molar-refractivity contribution in [1.29, 1.82) is 0 Å². The molecule has 0 atom stereocenters. The second-order valence-corrected chi connectivity index (χ2v) is 4.64. The van der Waals surface area contributed by atoms with E-state index < -0.39 is 0 Å². The van der Waals surface area contributed by atoms with Gasteiger partial charge in [0.25, 0.3) is 5.91 Å². The summed E-state index contributed by atoms with van der Waals surface area (Å²) in [6, 6.07) is 3.70. The molecular weight excluding hydrogens is 240 g/mol. The molecular formula is C14H24N4O. The molecule has 19 heavy (non-hydrogen) atoms. The predicted molar refractivity (Wildman–Crippen MR) is 78.5 cm³/mol. The van der Waals surface area contributed by atoms with Gasteiger partial charge in [0.15, 0.2) is 0 Å². The van der Waals surface area contributed by atoms with Gasteiger partial charge in [-0.15, -0.1) is 0 Å². The van der Waals surface area contributed by atoms with E-state index in [9.17, 15) is 4.79 Å². The van der Waals surface area contributed by atoms with Crippen LogP contribution in [-0.4, -0.2) is 61.0 Å². The van der Waals surface area contributed by atoms with E-state index in [0.717, 1.165) is 18.8 Å². The third-order valence-corrected chi connectivity index (χ3v) is 2.92. The first-order valence-corrected chi connectivity index (χ1v) is 6.72. The fraction of sp³-hybridized carbons (Fsp3) is 0.571. The van der Waals surface area contributed by atoms with Gasteiger partial charge in [-0.05, 0) is 40.1 Å². The van der Waals surface area contributed by atoms with E-state index in [1.165, 1.54) is 0 Å².